The molecule has 0 aromatic heterocycles. The fourth-order valence-electron chi connectivity index (χ4n) is 2.53. The molecule has 3 atom stereocenters. The molecule has 7 nitrogen and oxygen atoms in total. The second kappa shape index (κ2) is 8.53. The molecule has 0 radical (unpaired) electrons. The summed E-state index contributed by atoms with van der Waals surface area (Å²) in [6.07, 6.45) is 0.650. The molecule has 3 unspecified atom stereocenters. The molecule has 136 valence electrons. The molecule has 0 aromatic carbocycles. The van der Waals surface area contributed by atoms with Gasteiger partial charge < -0.3 is 14.2 Å². The van der Waals surface area contributed by atoms with Crippen LogP contribution in [0, 0.1) is 22.7 Å². The summed E-state index contributed by atoms with van der Waals surface area (Å²) < 4.78 is 16.0. The lowest BCUT2D eigenvalue weighted by Crippen LogP contribution is -2.41. The zero-order valence-electron chi connectivity index (χ0n) is 16.1. The van der Waals surface area contributed by atoms with E-state index < -0.39 is 22.3 Å². The molecule has 0 aliphatic carbocycles. The summed E-state index contributed by atoms with van der Waals surface area (Å²) in [4.78, 5) is 0. The van der Waals surface area contributed by atoms with Gasteiger partial charge in [-0.2, -0.15) is 20.8 Å². The third-order valence-corrected chi connectivity index (χ3v) is 3.96. The summed E-state index contributed by atoms with van der Waals surface area (Å²) >= 11 is 0. The van der Waals surface area contributed by atoms with Crippen LogP contribution in [-0.2, 0) is 14.2 Å². The quantitative estimate of drug-likeness (QED) is 0.569. The van der Waals surface area contributed by atoms with Crippen LogP contribution in [0.4, 0.5) is 0 Å². The summed E-state index contributed by atoms with van der Waals surface area (Å²) in [7, 11) is 4.72. The predicted molar refractivity (Wildman–Crippen MR) is 90.5 cm³/mol. The van der Waals surface area contributed by atoms with Crippen LogP contribution in [0.25, 0.3) is 0 Å². The van der Waals surface area contributed by atoms with Crippen molar-refractivity contribution in [3.8, 4) is 12.1 Å². The first-order valence-electron chi connectivity index (χ1n) is 7.78. The van der Waals surface area contributed by atoms with Gasteiger partial charge in [0, 0.05) is 34.2 Å². The van der Waals surface area contributed by atoms with E-state index in [1.165, 1.54) is 0 Å². The lowest BCUT2D eigenvalue weighted by Gasteiger charge is -2.32. The van der Waals surface area contributed by atoms with E-state index in [2.05, 4.69) is 22.4 Å². The fourth-order valence-corrected chi connectivity index (χ4v) is 2.53. The number of methoxy groups -OCH3 is 3. The van der Waals surface area contributed by atoms with Gasteiger partial charge in [0.2, 0.25) is 0 Å². The minimum Gasteiger partial charge on any atom is -0.382 e. The second-order valence-corrected chi connectivity index (χ2v) is 7.38. The Morgan fingerprint density at radius 3 is 1.58 bits per heavy atom. The van der Waals surface area contributed by atoms with E-state index in [1.807, 2.05) is 20.8 Å². The zero-order chi connectivity index (χ0) is 19.1. The van der Waals surface area contributed by atoms with Crippen LogP contribution in [0.3, 0.4) is 0 Å². The molecular formula is C17H30N4O3. The number of rotatable bonds is 10. The van der Waals surface area contributed by atoms with Gasteiger partial charge in [-0.15, -0.1) is 0 Å². The third-order valence-electron chi connectivity index (χ3n) is 3.96. The molecule has 0 rings (SSSR count). The molecule has 24 heavy (non-hydrogen) atoms. The number of nitrogens with zero attached hydrogens (tertiary/aromatic N) is 4. The Morgan fingerprint density at radius 1 is 0.792 bits per heavy atom. The number of ether oxygens (including phenoxy) is 3. The molecule has 0 saturated heterocycles. The van der Waals surface area contributed by atoms with Crippen molar-refractivity contribution in [1.29, 1.82) is 10.5 Å². The normalized spacial score (nSPS) is 19.8. The average Bonchev–Trinajstić information content (AvgIpc) is 2.53. The maximum atomic E-state index is 9.55. The monoisotopic (exact) mass is 338 g/mol. The highest BCUT2D eigenvalue weighted by atomic mass is 16.5. The summed E-state index contributed by atoms with van der Waals surface area (Å²) in [6.45, 7) is 9.27. The van der Waals surface area contributed by atoms with Gasteiger partial charge in [0.05, 0.1) is 29.9 Å². The number of nitriles is 2. The van der Waals surface area contributed by atoms with E-state index in [0.29, 0.717) is 19.4 Å². The first kappa shape index (κ1) is 22.5. The van der Waals surface area contributed by atoms with E-state index in [-0.39, 0.29) is 0 Å². The van der Waals surface area contributed by atoms with Crippen LogP contribution in [0.2, 0.25) is 0 Å². The molecule has 0 saturated carbocycles. The van der Waals surface area contributed by atoms with Crippen LogP contribution >= 0.6 is 0 Å². The lowest BCUT2D eigenvalue weighted by molar-refractivity contribution is -0.0635. The number of azo groups is 1. The van der Waals surface area contributed by atoms with Crippen LogP contribution in [0.1, 0.15) is 47.5 Å². The largest absolute Gasteiger partial charge is 0.382 e. The molecular weight excluding hydrogens is 308 g/mol. The maximum absolute atomic E-state index is 9.55. The molecule has 0 spiro atoms. The van der Waals surface area contributed by atoms with Crippen molar-refractivity contribution in [3.05, 3.63) is 0 Å². The van der Waals surface area contributed by atoms with Crippen molar-refractivity contribution >= 4 is 0 Å². The Bertz CT molecular complexity index is 523. The first-order valence-corrected chi connectivity index (χ1v) is 7.78. The molecule has 0 fully saturated rings. The summed E-state index contributed by atoms with van der Waals surface area (Å²) in [5.41, 5.74) is -3.41. The Balaban J connectivity index is 5.44. The van der Waals surface area contributed by atoms with E-state index in [0.717, 1.165) is 0 Å². The molecule has 0 amide bonds. The molecule has 0 heterocycles. The summed E-state index contributed by atoms with van der Waals surface area (Å²) in [5, 5.41) is 27.4. The van der Waals surface area contributed by atoms with Crippen LogP contribution in [0.5, 0.6) is 0 Å². The lowest BCUT2D eigenvalue weighted by atomic mass is 9.88. The van der Waals surface area contributed by atoms with Crippen LogP contribution < -0.4 is 0 Å². The average molecular weight is 338 g/mol. The van der Waals surface area contributed by atoms with Gasteiger partial charge in [0.25, 0.3) is 0 Å². The van der Waals surface area contributed by atoms with Crippen LogP contribution in [0.15, 0.2) is 10.2 Å². The summed E-state index contributed by atoms with van der Waals surface area (Å²) in [6, 6.07) is 4.33. The van der Waals surface area contributed by atoms with Gasteiger partial charge in [-0.1, -0.05) is 0 Å². The first-order chi connectivity index (χ1) is 10.9. The van der Waals surface area contributed by atoms with Crippen molar-refractivity contribution in [2.24, 2.45) is 10.2 Å². The SMILES string of the molecule is COCC(C)(CC(C)(C#N)N=NC(C)(C#N)CC(C)(C)OC)OC. The number of hydrogen-bond donors (Lipinski definition) is 0. The van der Waals surface area contributed by atoms with Gasteiger partial charge in [-0.25, -0.2) is 0 Å². The van der Waals surface area contributed by atoms with Crippen molar-refractivity contribution in [2.45, 2.75) is 69.7 Å². The van der Waals surface area contributed by atoms with E-state index in [1.54, 1.807) is 35.2 Å². The molecule has 0 bridgehead atoms. The van der Waals surface area contributed by atoms with Crippen molar-refractivity contribution in [3.63, 3.8) is 0 Å². The Kier molecular flexibility index (Phi) is 7.98. The van der Waals surface area contributed by atoms with E-state index in [4.69, 9.17) is 14.2 Å². The van der Waals surface area contributed by atoms with Crippen molar-refractivity contribution in [1.82, 2.24) is 0 Å². The molecule has 7 heteroatoms. The standard InChI is InChI=1S/C17H30N4O3/c1-14(2,23-7)9-15(3,11-18)20-21-16(4,12-19)10-17(5,24-8)13-22-6/h9-10,13H2,1-8H3. The second-order valence-electron chi connectivity index (χ2n) is 7.38. The highest BCUT2D eigenvalue weighted by molar-refractivity contribution is 5.10. The van der Waals surface area contributed by atoms with Gasteiger partial charge >= 0.3 is 0 Å². The number of hydrogen-bond acceptors (Lipinski definition) is 7. The highest BCUT2D eigenvalue weighted by Gasteiger charge is 2.38. The minimum absolute atomic E-state index is 0.291. The smallest absolute Gasteiger partial charge is 0.167 e. The van der Waals surface area contributed by atoms with Gasteiger partial charge in [-0.3, -0.25) is 0 Å². The molecule has 0 N–H and O–H groups in total. The molecule has 0 aromatic rings. The van der Waals surface area contributed by atoms with Gasteiger partial charge in [0.1, 0.15) is 0 Å². The molecule has 0 aliphatic rings. The fraction of sp³-hybridized carbons (Fsp3) is 0.882. The maximum Gasteiger partial charge on any atom is 0.167 e. The van der Waals surface area contributed by atoms with E-state index >= 15 is 0 Å². The van der Waals surface area contributed by atoms with Crippen molar-refractivity contribution < 1.29 is 14.2 Å². The van der Waals surface area contributed by atoms with Gasteiger partial charge in [-0.05, 0) is 34.6 Å². The predicted octanol–water partition coefficient (Wildman–Crippen LogP) is 3.26. The Labute approximate surface area is 145 Å². The van der Waals surface area contributed by atoms with Gasteiger partial charge in [0.15, 0.2) is 11.1 Å². The highest BCUT2D eigenvalue weighted by Crippen LogP contribution is 2.31. The Morgan fingerprint density at radius 2 is 1.25 bits per heavy atom. The van der Waals surface area contributed by atoms with Crippen LogP contribution in [-0.4, -0.2) is 50.2 Å². The third kappa shape index (κ3) is 6.92. The topological polar surface area (TPSA) is 100.0 Å². The zero-order valence-corrected chi connectivity index (χ0v) is 16.1. The minimum atomic E-state index is -1.13. The summed E-state index contributed by atoms with van der Waals surface area (Å²) in [5.74, 6) is 0. The molecule has 0 aliphatic heterocycles. The Hall–Kier alpha value is -1.54. The van der Waals surface area contributed by atoms with E-state index in [9.17, 15) is 10.5 Å². The van der Waals surface area contributed by atoms with Crippen molar-refractivity contribution in [2.75, 3.05) is 27.9 Å².